The number of ketones is 1. The molecule has 29 heavy (non-hydrogen) atoms. The zero-order valence-corrected chi connectivity index (χ0v) is 17.2. The van der Waals surface area contributed by atoms with Crippen molar-refractivity contribution in [1.29, 1.82) is 0 Å². The topological polar surface area (TPSA) is 94.3 Å². The first-order chi connectivity index (χ1) is 14.0. The maximum atomic E-state index is 12.5. The number of nitrogens with one attached hydrogen (secondary N) is 1. The summed E-state index contributed by atoms with van der Waals surface area (Å²) in [7, 11) is 1.62. The van der Waals surface area contributed by atoms with Gasteiger partial charge in [0.2, 0.25) is 11.8 Å². The fourth-order valence-electron chi connectivity index (χ4n) is 2.61. The molecule has 1 aromatic heterocycles. The van der Waals surface area contributed by atoms with Crippen molar-refractivity contribution in [3.8, 4) is 5.75 Å². The van der Waals surface area contributed by atoms with E-state index in [1.54, 1.807) is 38.3 Å². The average molecular weight is 411 g/mol. The molecule has 8 heteroatoms. The Hall–Kier alpha value is -3.13. The molecule has 1 N–H and O–H groups in total. The molecule has 150 valence electrons. The fourth-order valence-corrected chi connectivity index (χ4v) is 3.31. The van der Waals surface area contributed by atoms with E-state index < -0.39 is 5.25 Å². The Balaban J connectivity index is 1.60. The second kappa shape index (κ2) is 9.38. The van der Waals surface area contributed by atoms with Crippen molar-refractivity contribution >= 4 is 29.1 Å². The number of thioether (sulfide) groups is 1. The third kappa shape index (κ3) is 5.45. The van der Waals surface area contributed by atoms with Crippen LogP contribution in [-0.4, -0.2) is 34.2 Å². The van der Waals surface area contributed by atoms with E-state index in [1.165, 1.54) is 18.7 Å². The number of aromatic nitrogens is 2. The van der Waals surface area contributed by atoms with Gasteiger partial charge in [-0.3, -0.25) is 9.59 Å². The van der Waals surface area contributed by atoms with Crippen LogP contribution in [0.4, 0.5) is 5.69 Å². The molecule has 0 spiro atoms. The number of hydrogen-bond donors (Lipinski definition) is 1. The summed E-state index contributed by atoms with van der Waals surface area (Å²) in [6.07, 6.45) is 0.490. The quantitative estimate of drug-likeness (QED) is 0.442. The molecule has 1 atom stereocenters. The lowest BCUT2D eigenvalue weighted by Gasteiger charge is -2.12. The molecule has 3 aromatic rings. The van der Waals surface area contributed by atoms with Gasteiger partial charge in [-0.05, 0) is 43.7 Å². The van der Waals surface area contributed by atoms with E-state index in [0.717, 1.165) is 11.3 Å². The minimum Gasteiger partial charge on any atom is -0.497 e. The molecule has 0 bridgehead atoms. The summed E-state index contributed by atoms with van der Waals surface area (Å²) in [4.78, 5) is 24.2. The van der Waals surface area contributed by atoms with Crippen LogP contribution < -0.4 is 10.1 Å². The van der Waals surface area contributed by atoms with E-state index in [2.05, 4.69) is 15.5 Å². The van der Waals surface area contributed by atoms with Crippen molar-refractivity contribution < 1.29 is 18.7 Å². The van der Waals surface area contributed by atoms with Crippen LogP contribution in [0.15, 0.2) is 58.2 Å². The molecular formula is C21H21N3O4S. The highest BCUT2D eigenvalue weighted by atomic mass is 32.2. The number of rotatable bonds is 8. The van der Waals surface area contributed by atoms with Gasteiger partial charge in [-0.2, -0.15) is 0 Å². The second-order valence-corrected chi connectivity index (χ2v) is 7.63. The van der Waals surface area contributed by atoms with Crippen molar-refractivity contribution in [1.82, 2.24) is 10.2 Å². The molecule has 0 aliphatic carbocycles. The first kappa shape index (κ1) is 20.6. The Labute approximate surface area is 172 Å². The molecule has 2 aromatic carbocycles. The van der Waals surface area contributed by atoms with Crippen LogP contribution in [-0.2, 0) is 11.2 Å². The Kier molecular flexibility index (Phi) is 6.66. The minimum atomic E-state index is -0.482. The fraction of sp³-hybridized carbons (Fsp3) is 0.238. The van der Waals surface area contributed by atoms with Gasteiger partial charge in [0.25, 0.3) is 5.22 Å². The summed E-state index contributed by atoms with van der Waals surface area (Å²) in [5.74, 6) is 0.883. The molecule has 0 aliphatic rings. The van der Waals surface area contributed by atoms with Crippen LogP contribution in [0.5, 0.6) is 5.75 Å². The summed E-state index contributed by atoms with van der Waals surface area (Å²) < 4.78 is 10.8. The zero-order valence-electron chi connectivity index (χ0n) is 16.3. The highest BCUT2D eigenvalue weighted by Crippen LogP contribution is 2.25. The van der Waals surface area contributed by atoms with Gasteiger partial charge in [-0.15, -0.1) is 10.2 Å². The Morgan fingerprint density at radius 3 is 2.55 bits per heavy atom. The number of para-hydroxylation sites is 1. The molecular weight excluding hydrogens is 390 g/mol. The predicted octanol–water partition coefficient (Wildman–Crippen LogP) is 3.99. The van der Waals surface area contributed by atoms with E-state index >= 15 is 0 Å². The molecule has 0 saturated carbocycles. The number of benzene rings is 2. The van der Waals surface area contributed by atoms with Crippen molar-refractivity contribution in [2.24, 2.45) is 0 Å². The minimum absolute atomic E-state index is 0.110. The molecule has 0 unspecified atom stereocenters. The molecule has 0 aliphatic heterocycles. The van der Waals surface area contributed by atoms with Crippen molar-refractivity contribution in [2.75, 3.05) is 12.4 Å². The van der Waals surface area contributed by atoms with Gasteiger partial charge in [0, 0.05) is 5.56 Å². The molecule has 0 saturated heterocycles. The number of carbonyl (C=O) groups is 2. The monoisotopic (exact) mass is 411 g/mol. The number of hydrogen-bond acceptors (Lipinski definition) is 7. The van der Waals surface area contributed by atoms with Gasteiger partial charge in [-0.1, -0.05) is 36.0 Å². The Morgan fingerprint density at radius 2 is 1.86 bits per heavy atom. The molecule has 1 amide bonds. The van der Waals surface area contributed by atoms with E-state index in [-0.39, 0.29) is 11.7 Å². The molecule has 7 nitrogen and oxygen atoms in total. The lowest BCUT2D eigenvalue weighted by atomic mass is 10.1. The van der Waals surface area contributed by atoms with Crippen molar-refractivity contribution in [2.45, 2.75) is 30.7 Å². The molecule has 3 rings (SSSR count). The van der Waals surface area contributed by atoms with Gasteiger partial charge in [0.05, 0.1) is 24.5 Å². The summed E-state index contributed by atoms with van der Waals surface area (Å²) >= 11 is 1.17. The van der Waals surface area contributed by atoms with Gasteiger partial charge >= 0.3 is 0 Å². The normalized spacial score (nSPS) is 11.7. The number of anilines is 1. The number of carbonyl (C=O) groups excluding carboxylic acids is 2. The van der Waals surface area contributed by atoms with Gasteiger partial charge in [0.15, 0.2) is 5.78 Å². The molecule has 0 radical (unpaired) electrons. The Bertz CT molecular complexity index is 1000. The van der Waals surface area contributed by atoms with Crippen molar-refractivity contribution in [3.63, 3.8) is 0 Å². The average Bonchev–Trinajstić information content (AvgIpc) is 3.15. The predicted molar refractivity (Wildman–Crippen MR) is 110 cm³/mol. The summed E-state index contributed by atoms with van der Waals surface area (Å²) in [5.41, 5.74) is 1.97. The first-order valence-electron chi connectivity index (χ1n) is 8.99. The highest BCUT2D eigenvalue weighted by Gasteiger charge is 2.20. The first-order valence-corrected chi connectivity index (χ1v) is 9.87. The lowest BCUT2D eigenvalue weighted by molar-refractivity contribution is -0.115. The molecule has 1 heterocycles. The number of Topliss-reactive ketones (excluding diaryl/α,β-unsaturated/α-hetero) is 1. The van der Waals surface area contributed by atoms with Crippen LogP contribution >= 0.6 is 11.8 Å². The van der Waals surface area contributed by atoms with Crippen LogP contribution in [0.2, 0.25) is 0 Å². The highest BCUT2D eigenvalue weighted by molar-refractivity contribution is 8.00. The Morgan fingerprint density at radius 1 is 1.14 bits per heavy atom. The van der Waals surface area contributed by atoms with E-state index in [0.29, 0.717) is 28.8 Å². The van der Waals surface area contributed by atoms with E-state index in [4.69, 9.17) is 9.15 Å². The van der Waals surface area contributed by atoms with Crippen LogP contribution in [0.1, 0.15) is 35.7 Å². The van der Waals surface area contributed by atoms with Crippen LogP contribution in [0.25, 0.3) is 0 Å². The SMILES string of the molecule is COc1ccc(Cc2nnc(S[C@@H](C)C(=O)Nc3ccccc3C(C)=O)o2)cc1. The zero-order chi connectivity index (χ0) is 20.8. The summed E-state index contributed by atoms with van der Waals surface area (Å²) in [5, 5.41) is 10.7. The lowest BCUT2D eigenvalue weighted by Crippen LogP contribution is -2.23. The standard InChI is InChI=1S/C21H21N3O4S/c1-13(25)17-6-4-5-7-18(17)22-20(26)14(2)29-21-24-23-19(28-21)12-15-8-10-16(27-3)11-9-15/h4-11,14H,12H2,1-3H3,(H,22,26)/t14-/m0/s1. The van der Waals surface area contributed by atoms with Crippen LogP contribution in [0, 0.1) is 0 Å². The van der Waals surface area contributed by atoms with Gasteiger partial charge in [-0.25, -0.2) is 0 Å². The van der Waals surface area contributed by atoms with Gasteiger partial charge in [0.1, 0.15) is 5.75 Å². The van der Waals surface area contributed by atoms with Crippen molar-refractivity contribution in [3.05, 3.63) is 65.5 Å². The molecule has 0 fully saturated rings. The summed E-state index contributed by atoms with van der Waals surface area (Å²) in [6.45, 7) is 3.20. The number of methoxy groups -OCH3 is 1. The largest absolute Gasteiger partial charge is 0.497 e. The van der Waals surface area contributed by atoms with Gasteiger partial charge < -0.3 is 14.5 Å². The van der Waals surface area contributed by atoms with E-state index in [1.807, 2.05) is 24.3 Å². The number of amides is 1. The third-order valence-electron chi connectivity index (χ3n) is 4.17. The third-order valence-corrected chi connectivity index (χ3v) is 5.11. The summed E-state index contributed by atoms with van der Waals surface area (Å²) in [6, 6.07) is 14.5. The van der Waals surface area contributed by atoms with E-state index in [9.17, 15) is 9.59 Å². The second-order valence-electron chi connectivity index (χ2n) is 6.34. The number of ether oxygens (including phenoxy) is 1. The smallest absolute Gasteiger partial charge is 0.277 e. The van der Waals surface area contributed by atoms with Crippen LogP contribution in [0.3, 0.4) is 0 Å². The maximum absolute atomic E-state index is 12.5. The maximum Gasteiger partial charge on any atom is 0.277 e. The number of nitrogens with zero attached hydrogens (tertiary/aromatic N) is 2.